The lowest BCUT2D eigenvalue weighted by Crippen LogP contribution is -2.52. The van der Waals surface area contributed by atoms with E-state index in [0.717, 1.165) is 31.2 Å². The molecule has 0 aromatic heterocycles. The van der Waals surface area contributed by atoms with Gasteiger partial charge in [-0.25, -0.2) is 8.42 Å². The summed E-state index contributed by atoms with van der Waals surface area (Å²) in [5.41, 5.74) is 6.66. The SMILES string of the molecule is CC1(N)CCCCC1C(=O)NCc1ccc(S(C)(=O)=O)cc1. The normalized spacial score (nSPS) is 25.7. The Bertz CT molecular complexity index is 636. The molecule has 3 N–H and O–H groups in total. The van der Waals surface area contributed by atoms with Gasteiger partial charge in [-0.15, -0.1) is 0 Å². The van der Waals surface area contributed by atoms with Gasteiger partial charge in [0.25, 0.3) is 0 Å². The highest BCUT2D eigenvalue weighted by Crippen LogP contribution is 2.31. The van der Waals surface area contributed by atoms with E-state index in [2.05, 4.69) is 5.32 Å². The zero-order chi connectivity index (χ0) is 16.4. The smallest absolute Gasteiger partial charge is 0.225 e. The molecule has 0 saturated heterocycles. The van der Waals surface area contributed by atoms with Crippen molar-refractivity contribution in [2.45, 2.75) is 49.6 Å². The number of hydrogen-bond acceptors (Lipinski definition) is 4. The van der Waals surface area contributed by atoms with Crippen LogP contribution in [-0.4, -0.2) is 26.1 Å². The van der Waals surface area contributed by atoms with Crippen molar-refractivity contribution < 1.29 is 13.2 Å². The highest BCUT2D eigenvalue weighted by Gasteiger charge is 2.37. The minimum absolute atomic E-state index is 0.0168. The quantitative estimate of drug-likeness (QED) is 0.880. The second-order valence-corrected chi connectivity index (χ2v) is 8.45. The van der Waals surface area contributed by atoms with E-state index in [0.29, 0.717) is 6.54 Å². The zero-order valence-electron chi connectivity index (χ0n) is 13.1. The first-order valence-corrected chi connectivity index (χ1v) is 9.45. The molecule has 1 fully saturated rings. The maximum Gasteiger partial charge on any atom is 0.225 e. The third-order valence-electron chi connectivity index (χ3n) is 4.39. The summed E-state index contributed by atoms with van der Waals surface area (Å²) in [6.07, 6.45) is 4.98. The maximum absolute atomic E-state index is 12.3. The monoisotopic (exact) mass is 324 g/mol. The Morgan fingerprint density at radius 1 is 1.32 bits per heavy atom. The third-order valence-corrected chi connectivity index (χ3v) is 5.52. The van der Waals surface area contributed by atoms with Crippen LogP contribution in [0.5, 0.6) is 0 Å². The van der Waals surface area contributed by atoms with Gasteiger partial charge in [-0.2, -0.15) is 0 Å². The van der Waals surface area contributed by atoms with Crippen LogP contribution in [0.15, 0.2) is 29.2 Å². The van der Waals surface area contributed by atoms with Crippen molar-refractivity contribution in [2.24, 2.45) is 11.7 Å². The van der Waals surface area contributed by atoms with Gasteiger partial charge in [-0.3, -0.25) is 4.79 Å². The second-order valence-electron chi connectivity index (χ2n) is 6.44. The van der Waals surface area contributed by atoms with Gasteiger partial charge in [-0.1, -0.05) is 25.0 Å². The highest BCUT2D eigenvalue weighted by atomic mass is 32.2. The lowest BCUT2D eigenvalue weighted by Gasteiger charge is -2.37. The van der Waals surface area contributed by atoms with Crippen molar-refractivity contribution in [2.75, 3.05) is 6.26 Å². The number of benzene rings is 1. The number of nitrogens with one attached hydrogen (secondary N) is 1. The van der Waals surface area contributed by atoms with Crippen LogP contribution >= 0.6 is 0 Å². The largest absolute Gasteiger partial charge is 0.352 e. The fourth-order valence-electron chi connectivity index (χ4n) is 2.96. The predicted octanol–water partition coefficient (Wildman–Crippen LogP) is 1.61. The van der Waals surface area contributed by atoms with Crippen LogP contribution in [0.4, 0.5) is 0 Å². The fraction of sp³-hybridized carbons (Fsp3) is 0.562. The standard InChI is InChI=1S/C16H24N2O3S/c1-16(17)10-4-3-5-14(16)15(19)18-11-12-6-8-13(9-7-12)22(2,20)21/h6-9,14H,3-5,10-11,17H2,1-2H3,(H,18,19). The van der Waals surface area contributed by atoms with E-state index in [4.69, 9.17) is 5.73 Å². The summed E-state index contributed by atoms with van der Waals surface area (Å²) in [6.45, 7) is 2.33. The molecule has 0 bridgehead atoms. The number of carbonyl (C=O) groups excluding carboxylic acids is 1. The van der Waals surface area contributed by atoms with Crippen molar-refractivity contribution in [3.63, 3.8) is 0 Å². The first-order chi connectivity index (χ1) is 10.2. The van der Waals surface area contributed by atoms with Gasteiger partial charge in [0.05, 0.1) is 10.8 Å². The van der Waals surface area contributed by atoms with Gasteiger partial charge in [0.2, 0.25) is 5.91 Å². The van der Waals surface area contributed by atoms with Crippen molar-refractivity contribution in [3.05, 3.63) is 29.8 Å². The molecule has 2 atom stereocenters. The van der Waals surface area contributed by atoms with Crippen LogP contribution in [0, 0.1) is 5.92 Å². The number of rotatable bonds is 4. The molecule has 0 radical (unpaired) electrons. The zero-order valence-corrected chi connectivity index (χ0v) is 13.9. The van der Waals surface area contributed by atoms with Crippen LogP contribution in [-0.2, 0) is 21.2 Å². The first kappa shape index (κ1) is 17.0. The Morgan fingerprint density at radius 3 is 2.50 bits per heavy atom. The molecule has 0 spiro atoms. The summed E-state index contributed by atoms with van der Waals surface area (Å²) in [6, 6.07) is 6.56. The van der Waals surface area contributed by atoms with E-state index >= 15 is 0 Å². The molecule has 2 rings (SSSR count). The molecule has 22 heavy (non-hydrogen) atoms. The number of amides is 1. The number of sulfone groups is 1. The number of carbonyl (C=O) groups is 1. The summed E-state index contributed by atoms with van der Waals surface area (Å²) < 4.78 is 22.8. The van der Waals surface area contributed by atoms with Crippen molar-refractivity contribution in [1.82, 2.24) is 5.32 Å². The Hall–Kier alpha value is -1.40. The Morgan fingerprint density at radius 2 is 1.95 bits per heavy atom. The Balaban J connectivity index is 1.96. The Kier molecular flexibility index (Phi) is 4.92. The molecule has 1 aliphatic carbocycles. The van der Waals surface area contributed by atoms with Gasteiger partial charge in [0.15, 0.2) is 9.84 Å². The first-order valence-electron chi connectivity index (χ1n) is 7.56. The molecule has 2 unspecified atom stereocenters. The van der Waals surface area contributed by atoms with E-state index < -0.39 is 15.4 Å². The number of nitrogens with two attached hydrogens (primary N) is 1. The fourth-order valence-corrected chi connectivity index (χ4v) is 3.59. The summed E-state index contributed by atoms with van der Waals surface area (Å²) in [4.78, 5) is 12.6. The van der Waals surface area contributed by atoms with E-state index in [-0.39, 0.29) is 16.7 Å². The van der Waals surface area contributed by atoms with E-state index in [1.165, 1.54) is 6.26 Å². The van der Waals surface area contributed by atoms with Crippen molar-refractivity contribution in [3.8, 4) is 0 Å². The topological polar surface area (TPSA) is 89.3 Å². The molecule has 1 saturated carbocycles. The van der Waals surface area contributed by atoms with Crippen LogP contribution in [0.1, 0.15) is 38.2 Å². The van der Waals surface area contributed by atoms with Gasteiger partial charge in [-0.05, 0) is 37.5 Å². The number of hydrogen-bond donors (Lipinski definition) is 2. The van der Waals surface area contributed by atoms with Crippen molar-refractivity contribution in [1.29, 1.82) is 0 Å². The lowest BCUT2D eigenvalue weighted by molar-refractivity contribution is -0.128. The van der Waals surface area contributed by atoms with Gasteiger partial charge >= 0.3 is 0 Å². The lowest BCUT2D eigenvalue weighted by atomic mass is 9.74. The highest BCUT2D eigenvalue weighted by molar-refractivity contribution is 7.90. The molecule has 1 aromatic carbocycles. The molecule has 6 heteroatoms. The summed E-state index contributed by atoms with van der Waals surface area (Å²) in [5, 5.41) is 2.91. The van der Waals surface area contributed by atoms with Gasteiger partial charge in [0, 0.05) is 18.3 Å². The van der Waals surface area contributed by atoms with Crippen LogP contribution in [0.2, 0.25) is 0 Å². The maximum atomic E-state index is 12.3. The summed E-state index contributed by atoms with van der Waals surface area (Å²) >= 11 is 0. The predicted molar refractivity (Wildman–Crippen MR) is 85.9 cm³/mol. The molecule has 0 aliphatic heterocycles. The second kappa shape index (κ2) is 6.38. The molecule has 1 aromatic rings. The van der Waals surface area contributed by atoms with E-state index in [9.17, 15) is 13.2 Å². The molecule has 5 nitrogen and oxygen atoms in total. The van der Waals surface area contributed by atoms with E-state index in [1.807, 2.05) is 6.92 Å². The van der Waals surface area contributed by atoms with Gasteiger partial charge < -0.3 is 11.1 Å². The minimum atomic E-state index is -3.19. The average molecular weight is 324 g/mol. The molecular weight excluding hydrogens is 300 g/mol. The molecular formula is C16H24N2O3S. The van der Waals surface area contributed by atoms with Crippen LogP contribution in [0.3, 0.4) is 0 Å². The molecule has 122 valence electrons. The van der Waals surface area contributed by atoms with Crippen molar-refractivity contribution >= 4 is 15.7 Å². The van der Waals surface area contributed by atoms with Gasteiger partial charge in [0.1, 0.15) is 0 Å². The molecule has 1 aliphatic rings. The third kappa shape index (κ3) is 4.08. The van der Waals surface area contributed by atoms with E-state index in [1.54, 1.807) is 24.3 Å². The Labute approximate surface area is 132 Å². The average Bonchev–Trinajstić information content (AvgIpc) is 2.44. The van der Waals surface area contributed by atoms with Crippen LogP contribution < -0.4 is 11.1 Å². The van der Waals surface area contributed by atoms with Crippen LogP contribution in [0.25, 0.3) is 0 Å². The minimum Gasteiger partial charge on any atom is -0.352 e. The molecule has 0 heterocycles. The summed E-state index contributed by atoms with van der Waals surface area (Å²) in [7, 11) is -3.19. The molecule has 1 amide bonds. The summed E-state index contributed by atoms with van der Waals surface area (Å²) in [5.74, 6) is -0.173.